The van der Waals surface area contributed by atoms with Gasteiger partial charge in [0.05, 0.1) is 4.90 Å². The quantitative estimate of drug-likeness (QED) is 0.528. The number of rotatable bonds is 7. The van der Waals surface area contributed by atoms with E-state index in [1.807, 2.05) is 47.2 Å². The second kappa shape index (κ2) is 9.17. The minimum Gasteiger partial charge on any atom is -0.269 e. The third kappa shape index (κ3) is 5.55. The molecule has 1 aliphatic heterocycles. The molecule has 1 amide bonds. The normalized spacial score (nSPS) is 15.2. The summed E-state index contributed by atoms with van der Waals surface area (Å²) in [6.07, 6.45) is 2.30. The first-order valence-corrected chi connectivity index (χ1v) is 14.5. The van der Waals surface area contributed by atoms with Gasteiger partial charge in [-0.05, 0) is 39.9 Å². The number of hydrogen-bond acceptors (Lipinski definition) is 6. The van der Waals surface area contributed by atoms with Gasteiger partial charge in [-0.15, -0.1) is 0 Å². The van der Waals surface area contributed by atoms with Gasteiger partial charge in [0.15, 0.2) is 9.84 Å². The van der Waals surface area contributed by atoms with Crippen molar-refractivity contribution in [3.63, 3.8) is 0 Å². The van der Waals surface area contributed by atoms with E-state index in [0.29, 0.717) is 10.5 Å². The van der Waals surface area contributed by atoms with Crippen molar-refractivity contribution < 1.29 is 21.6 Å². The van der Waals surface area contributed by atoms with Gasteiger partial charge in [0.25, 0.3) is 15.9 Å². The average Bonchev–Trinajstić information content (AvgIpc) is 3.06. The highest BCUT2D eigenvalue weighted by molar-refractivity contribution is 8.00. The Bertz CT molecular complexity index is 1440. The van der Waals surface area contributed by atoms with E-state index in [4.69, 9.17) is 0 Å². The molecule has 6 nitrogen and oxygen atoms in total. The lowest BCUT2D eigenvalue weighted by molar-refractivity contribution is -0.114. The Labute approximate surface area is 197 Å². The Morgan fingerprint density at radius 2 is 1.39 bits per heavy atom. The number of nitrogens with one attached hydrogen (secondary N) is 1. The first-order valence-electron chi connectivity index (χ1n) is 9.97. The molecule has 1 N–H and O–H groups in total. The number of sulfonamides is 1. The summed E-state index contributed by atoms with van der Waals surface area (Å²) in [5.74, 6) is 0.920. The summed E-state index contributed by atoms with van der Waals surface area (Å²) in [6.45, 7) is 0. The summed E-state index contributed by atoms with van der Waals surface area (Å²) in [5.41, 5.74) is 4.49. The minimum absolute atomic E-state index is 0.00568. The van der Waals surface area contributed by atoms with Crippen LogP contribution in [-0.2, 0) is 36.2 Å². The van der Waals surface area contributed by atoms with Gasteiger partial charge in [-0.2, -0.15) is 11.8 Å². The molecule has 33 heavy (non-hydrogen) atoms. The van der Waals surface area contributed by atoms with E-state index in [2.05, 4.69) is 0 Å². The van der Waals surface area contributed by atoms with Crippen molar-refractivity contribution in [1.82, 2.24) is 4.72 Å². The number of amides is 1. The molecule has 0 spiro atoms. The predicted octanol–water partition coefficient (Wildman–Crippen LogP) is 3.99. The first-order chi connectivity index (χ1) is 15.6. The van der Waals surface area contributed by atoms with Crippen molar-refractivity contribution in [2.24, 2.45) is 0 Å². The molecular formula is C24H21NO5S3. The van der Waals surface area contributed by atoms with E-state index in [0.717, 1.165) is 39.8 Å². The maximum Gasteiger partial charge on any atom is 0.265 e. The van der Waals surface area contributed by atoms with Gasteiger partial charge in [-0.3, -0.25) is 4.79 Å². The molecule has 3 aromatic carbocycles. The molecule has 0 aliphatic carbocycles. The summed E-state index contributed by atoms with van der Waals surface area (Å²) in [4.78, 5) is 11.6. The molecule has 0 atom stereocenters. The summed E-state index contributed by atoms with van der Waals surface area (Å²) in [7, 11) is -7.01. The second-order valence-electron chi connectivity index (χ2n) is 7.66. The third-order valence-electron chi connectivity index (χ3n) is 5.11. The smallest absolute Gasteiger partial charge is 0.265 e. The van der Waals surface area contributed by atoms with Gasteiger partial charge in [-0.1, -0.05) is 60.7 Å². The van der Waals surface area contributed by atoms with Crippen molar-refractivity contribution in [3.05, 3.63) is 95.6 Å². The topological polar surface area (TPSA) is 97.4 Å². The highest BCUT2D eigenvalue weighted by Crippen LogP contribution is 2.27. The third-order valence-corrected chi connectivity index (χ3v) is 8.70. The van der Waals surface area contributed by atoms with Crippen LogP contribution in [0.2, 0.25) is 0 Å². The zero-order chi connectivity index (χ0) is 23.6. The van der Waals surface area contributed by atoms with Crippen LogP contribution in [0.4, 0.5) is 0 Å². The molecule has 9 heteroatoms. The number of carbonyl (C=O) groups excluding carboxylic acids is 1. The van der Waals surface area contributed by atoms with Crippen molar-refractivity contribution in [1.29, 1.82) is 0 Å². The van der Waals surface area contributed by atoms with Crippen molar-refractivity contribution in [3.8, 4) is 11.1 Å². The maximum atomic E-state index is 11.9. The lowest BCUT2D eigenvalue weighted by Gasteiger charge is -2.07. The number of carbonyl (C=O) groups is 1. The molecule has 0 fully saturated rings. The fourth-order valence-electron chi connectivity index (χ4n) is 3.40. The van der Waals surface area contributed by atoms with Gasteiger partial charge >= 0.3 is 0 Å². The molecule has 0 radical (unpaired) electrons. The number of benzene rings is 3. The monoisotopic (exact) mass is 499 g/mol. The zero-order valence-electron chi connectivity index (χ0n) is 17.7. The van der Waals surface area contributed by atoms with Crippen LogP contribution >= 0.6 is 11.8 Å². The molecule has 1 aliphatic rings. The van der Waals surface area contributed by atoms with Gasteiger partial charge in [-0.25, -0.2) is 21.6 Å². The molecule has 0 bridgehead atoms. The van der Waals surface area contributed by atoms with Crippen LogP contribution in [0.15, 0.2) is 83.8 Å². The van der Waals surface area contributed by atoms with Crippen LogP contribution in [0, 0.1) is 0 Å². The maximum absolute atomic E-state index is 11.9. The molecule has 1 heterocycles. The van der Waals surface area contributed by atoms with E-state index in [-0.39, 0.29) is 4.91 Å². The molecule has 3 aromatic rings. The summed E-state index contributed by atoms with van der Waals surface area (Å²) in [5, 5.41) is 0. The fraction of sp³-hybridized carbons (Fsp3) is 0.125. The Kier molecular flexibility index (Phi) is 6.47. The van der Waals surface area contributed by atoms with E-state index in [9.17, 15) is 21.6 Å². The lowest BCUT2D eigenvalue weighted by Crippen LogP contribution is -2.22. The van der Waals surface area contributed by atoms with Crippen LogP contribution in [0.5, 0.6) is 0 Å². The highest BCUT2D eigenvalue weighted by atomic mass is 32.2. The van der Waals surface area contributed by atoms with Crippen molar-refractivity contribution in [2.45, 2.75) is 16.4 Å². The fourth-order valence-corrected chi connectivity index (χ4v) is 6.17. The molecule has 0 saturated carbocycles. The standard InChI is InChI=1S/C24H21NO5S3/c1-32(27,28)22-4-2-3-21(13-22)19-9-5-17(6-10-19)15-31-16-18-7-11-20(12-8-18)23-14-24(26)25-33(23,29)30/h2-14H,15-16H2,1H3,(H,25,26). The van der Waals surface area contributed by atoms with E-state index < -0.39 is 25.8 Å². The van der Waals surface area contributed by atoms with Crippen molar-refractivity contribution in [2.75, 3.05) is 6.26 Å². The highest BCUT2D eigenvalue weighted by Gasteiger charge is 2.28. The summed E-state index contributed by atoms with van der Waals surface area (Å²) in [6, 6.07) is 22.1. The lowest BCUT2D eigenvalue weighted by atomic mass is 10.0. The van der Waals surface area contributed by atoms with Gasteiger partial charge in [0.2, 0.25) is 0 Å². The Hall–Kier alpha value is -2.88. The van der Waals surface area contributed by atoms with Crippen molar-refractivity contribution >= 4 is 42.4 Å². The largest absolute Gasteiger partial charge is 0.269 e. The Morgan fingerprint density at radius 1 is 0.818 bits per heavy atom. The van der Waals surface area contributed by atoms with Crippen LogP contribution < -0.4 is 4.72 Å². The Morgan fingerprint density at radius 3 is 1.91 bits per heavy atom. The summed E-state index contributed by atoms with van der Waals surface area (Å²) >= 11 is 1.73. The van der Waals surface area contributed by atoms with E-state index in [1.165, 1.54) is 6.26 Å². The van der Waals surface area contributed by atoms with Gasteiger partial charge in [0.1, 0.15) is 4.91 Å². The molecule has 170 valence electrons. The van der Waals surface area contributed by atoms with Crippen LogP contribution in [-0.4, -0.2) is 29.0 Å². The summed E-state index contributed by atoms with van der Waals surface area (Å²) < 4.78 is 49.4. The predicted molar refractivity (Wildman–Crippen MR) is 131 cm³/mol. The molecule has 0 unspecified atom stereocenters. The zero-order valence-corrected chi connectivity index (χ0v) is 20.1. The minimum atomic E-state index is -3.76. The number of thioether (sulfide) groups is 1. The van der Waals surface area contributed by atoms with E-state index >= 15 is 0 Å². The number of sulfone groups is 1. The van der Waals surface area contributed by atoms with Gasteiger partial charge in [0, 0.05) is 23.8 Å². The average molecular weight is 500 g/mol. The van der Waals surface area contributed by atoms with E-state index in [1.54, 1.807) is 42.1 Å². The first kappa shape index (κ1) is 23.3. The molecule has 4 rings (SSSR count). The second-order valence-corrected chi connectivity index (χ2v) is 12.3. The SMILES string of the molecule is CS(=O)(=O)c1cccc(-c2ccc(CSCc3ccc(C4=CC(=O)NS4(=O)=O)cc3)cc2)c1. The van der Waals surface area contributed by atoms with Crippen LogP contribution in [0.1, 0.15) is 16.7 Å². The Balaban J connectivity index is 1.36. The number of hydrogen-bond donors (Lipinski definition) is 1. The van der Waals surface area contributed by atoms with Crippen LogP contribution in [0.3, 0.4) is 0 Å². The van der Waals surface area contributed by atoms with Gasteiger partial charge < -0.3 is 0 Å². The van der Waals surface area contributed by atoms with Crippen LogP contribution in [0.25, 0.3) is 16.0 Å². The molecule has 0 saturated heterocycles. The molecular weight excluding hydrogens is 478 g/mol. The molecule has 0 aromatic heterocycles.